The van der Waals surface area contributed by atoms with Gasteiger partial charge in [0.25, 0.3) is 0 Å². The number of rotatable bonds is 3. The highest BCUT2D eigenvalue weighted by Crippen LogP contribution is 2.33. The van der Waals surface area contributed by atoms with E-state index < -0.39 is 0 Å². The maximum atomic E-state index is 11.9. The lowest BCUT2D eigenvalue weighted by molar-refractivity contribution is -0.132. The van der Waals surface area contributed by atoms with Crippen LogP contribution in [0.4, 0.5) is 0 Å². The Hall–Kier alpha value is -1.69. The zero-order valence-electron chi connectivity index (χ0n) is 10.7. The Bertz CT molecular complexity index is 564. The molecule has 0 radical (unpaired) electrons. The minimum absolute atomic E-state index is 0.0488. The van der Waals surface area contributed by atoms with Crippen molar-refractivity contribution in [3.05, 3.63) is 22.7 Å². The van der Waals surface area contributed by atoms with Gasteiger partial charge in [-0.25, -0.2) is 0 Å². The fourth-order valence-corrected chi connectivity index (χ4v) is 3.03. The van der Waals surface area contributed by atoms with Gasteiger partial charge in [0.2, 0.25) is 17.7 Å². The van der Waals surface area contributed by atoms with Crippen LogP contribution in [0.25, 0.3) is 11.5 Å². The number of thiophene rings is 1. The van der Waals surface area contributed by atoms with Crippen LogP contribution >= 0.6 is 11.3 Å². The third kappa shape index (κ3) is 2.28. The van der Waals surface area contributed by atoms with Crippen molar-refractivity contribution in [1.29, 1.82) is 0 Å². The quantitative estimate of drug-likeness (QED) is 0.865. The summed E-state index contributed by atoms with van der Waals surface area (Å²) < 4.78 is 5.73. The standard InChI is InChI=1S/C13H15N3O2S/c1-2-11(17)16-6-3-4-10(16)13-15-14-12(18-13)9-5-7-19-8-9/h5,7-8,10H,2-4,6H2,1H3. The molecule has 1 fully saturated rings. The van der Waals surface area contributed by atoms with E-state index in [2.05, 4.69) is 10.2 Å². The molecule has 3 heterocycles. The van der Waals surface area contributed by atoms with Gasteiger partial charge in [-0.3, -0.25) is 4.79 Å². The molecule has 100 valence electrons. The van der Waals surface area contributed by atoms with E-state index >= 15 is 0 Å². The molecule has 1 amide bonds. The maximum Gasteiger partial charge on any atom is 0.248 e. The van der Waals surface area contributed by atoms with Crippen molar-refractivity contribution in [2.24, 2.45) is 0 Å². The van der Waals surface area contributed by atoms with Gasteiger partial charge < -0.3 is 9.32 Å². The minimum atomic E-state index is -0.0488. The summed E-state index contributed by atoms with van der Waals surface area (Å²) in [6.45, 7) is 2.66. The molecule has 1 aliphatic rings. The van der Waals surface area contributed by atoms with Gasteiger partial charge in [-0.05, 0) is 24.3 Å². The lowest BCUT2D eigenvalue weighted by Gasteiger charge is -2.21. The molecule has 1 aliphatic heterocycles. The molecule has 6 heteroatoms. The molecular formula is C13H15N3O2S. The van der Waals surface area contributed by atoms with Crippen LogP contribution in [0.15, 0.2) is 21.2 Å². The summed E-state index contributed by atoms with van der Waals surface area (Å²) in [5.41, 5.74) is 0.940. The number of hydrogen-bond acceptors (Lipinski definition) is 5. The molecule has 0 bridgehead atoms. The van der Waals surface area contributed by atoms with Crippen LogP contribution in [0.3, 0.4) is 0 Å². The highest BCUT2D eigenvalue weighted by atomic mass is 32.1. The zero-order valence-corrected chi connectivity index (χ0v) is 11.5. The van der Waals surface area contributed by atoms with Crippen LogP contribution < -0.4 is 0 Å². The van der Waals surface area contributed by atoms with Crippen LogP contribution in [0.1, 0.15) is 38.1 Å². The van der Waals surface area contributed by atoms with Crippen molar-refractivity contribution in [1.82, 2.24) is 15.1 Å². The van der Waals surface area contributed by atoms with E-state index in [0.717, 1.165) is 24.9 Å². The Morgan fingerprint density at radius 2 is 2.47 bits per heavy atom. The highest BCUT2D eigenvalue weighted by molar-refractivity contribution is 7.08. The van der Waals surface area contributed by atoms with Gasteiger partial charge in [0.15, 0.2) is 0 Å². The monoisotopic (exact) mass is 277 g/mol. The predicted molar refractivity (Wildman–Crippen MR) is 71.6 cm³/mol. The normalized spacial score (nSPS) is 19.0. The van der Waals surface area contributed by atoms with E-state index in [9.17, 15) is 4.79 Å². The molecule has 5 nitrogen and oxygen atoms in total. The first kappa shape index (κ1) is 12.3. The molecule has 0 spiro atoms. The first-order chi connectivity index (χ1) is 9.29. The number of carbonyl (C=O) groups is 1. The largest absolute Gasteiger partial charge is 0.418 e. The number of aromatic nitrogens is 2. The number of likely N-dealkylation sites (tertiary alicyclic amines) is 1. The smallest absolute Gasteiger partial charge is 0.248 e. The zero-order chi connectivity index (χ0) is 13.2. The summed E-state index contributed by atoms with van der Waals surface area (Å²) in [6.07, 6.45) is 2.41. The van der Waals surface area contributed by atoms with Gasteiger partial charge in [0.05, 0.1) is 0 Å². The molecule has 1 unspecified atom stereocenters. The number of carbonyl (C=O) groups excluding carboxylic acids is 1. The van der Waals surface area contributed by atoms with Gasteiger partial charge in [0, 0.05) is 23.9 Å². The summed E-state index contributed by atoms with van der Waals surface area (Å²) in [5, 5.41) is 12.1. The first-order valence-corrected chi connectivity index (χ1v) is 7.39. The Morgan fingerprint density at radius 1 is 1.58 bits per heavy atom. The van der Waals surface area contributed by atoms with E-state index in [1.54, 1.807) is 11.3 Å². The predicted octanol–water partition coefficient (Wildman–Crippen LogP) is 2.87. The van der Waals surface area contributed by atoms with Gasteiger partial charge >= 0.3 is 0 Å². The molecule has 19 heavy (non-hydrogen) atoms. The van der Waals surface area contributed by atoms with Crippen LogP contribution in [0, 0.1) is 0 Å². The molecule has 2 aromatic rings. The number of hydrogen-bond donors (Lipinski definition) is 0. The molecule has 0 N–H and O–H groups in total. The van der Waals surface area contributed by atoms with Crippen molar-refractivity contribution < 1.29 is 9.21 Å². The molecule has 0 aromatic carbocycles. The van der Waals surface area contributed by atoms with Gasteiger partial charge in [-0.15, -0.1) is 10.2 Å². The molecule has 3 rings (SSSR count). The van der Waals surface area contributed by atoms with Crippen LogP contribution in [0.5, 0.6) is 0 Å². The van der Waals surface area contributed by atoms with E-state index in [1.165, 1.54) is 0 Å². The van der Waals surface area contributed by atoms with Gasteiger partial charge in [-0.2, -0.15) is 11.3 Å². The summed E-state index contributed by atoms with van der Waals surface area (Å²) in [7, 11) is 0. The second-order valence-corrected chi connectivity index (χ2v) is 5.34. The molecular weight excluding hydrogens is 262 g/mol. The second kappa shape index (κ2) is 5.13. The molecule has 1 saturated heterocycles. The molecule has 0 aliphatic carbocycles. The first-order valence-electron chi connectivity index (χ1n) is 6.45. The molecule has 2 aromatic heterocycles. The molecule has 1 atom stereocenters. The van der Waals surface area contributed by atoms with E-state index in [-0.39, 0.29) is 11.9 Å². The average Bonchev–Trinajstić information content (AvgIpc) is 3.14. The Morgan fingerprint density at radius 3 is 3.21 bits per heavy atom. The van der Waals surface area contributed by atoms with E-state index in [0.29, 0.717) is 18.2 Å². The average molecular weight is 277 g/mol. The van der Waals surface area contributed by atoms with Crippen molar-refractivity contribution in [2.75, 3.05) is 6.54 Å². The highest BCUT2D eigenvalue weighted by Gasteiger charge is 2.33. The topological polar surface area (TPSA) is 59.2 Å². The minimum Gasteiger partial charge on any atom is -0.418 e. The van der Waals surface area contributed by atoms with E-state index in [4.69, 9.17) is 4.42 Å². The van der Waals surface area contributed by atoms with Crippen molar-refractivity contribution >= 4 is 17.2 Å². The Labute approximate surface area is 115 Å². The van der Waals surface area contributed by atoms with Crippen molar-refractivity contribution in [3.8, 4) is 11.5 Å². The molecule has 0 saturated carbocycles. The lowest BCUT2D eigenvalue weighted by atomic mass is 10.2. The summed E-state index contributed by atoms with van der Waals surface area (Å²) >= 11 is 1.59. The fraction of sp³-hybridized carbons (Fsp3) is 0.462. The van der Waals surface area contributed by atoms with Crippen molar-refractivity contribution in [3.63, 3.8) is 0 Å². The number of nitrogens with zero attached hydrogens (tertiary/aromatic N) is 3. The fourth-order valence-electron chi connectivity index (χ4n) is 2.40. The maximum absolute atomic E-state index is 11.9. The van der Waals surface area contributed by atoms with Crippen LogP contribution in [0.2, 0.25) is 0 Å². The Kier molecular flexibility index (Phi) is 3.33. The summed E-state index contributed by atoms with van der Waals surface area (Å²) in [6, 6.07) is 1.90. The Balaban J connectivity index is 1.84. The SMILES string of the molecule is CCC(=O)N1CCCC1c1nnc(-c2ccsc2)o1. The second-order valence-electron chi connectivity index (χ2n) is 4.56. The van der Waals surface area contributed by atoms with Gasteiger partial charge in [-0.1, -0.05) is 6.92 Å². The third-order valence-electron chi connectivity index (χ3n) is 3.37. The van der Waals surface area contributed by atoms with Crippen LogP contribution in [-0.4, -0.2) is 27.5 Å². The summed E-state index contributed by atoms with van der Waals surface area (Å²) in [4.78, 5) is 13.7. The third-order valence-corrected chi connectivity index (χ3v) is 4.05. The van der Waals surface area contributed by atoms with E-state index in [1.807, 2.05) is 28.7 Å². The van der Waals surface area contributed by atoms with Crippen molar-refractivity contribution in [2.45, 2.75) is 32.2 Å². The lowest BCUT2D eigenvalue weighted by Crippen LogP contribution is -2.29. The summed E-state index contributed by atoms with van der Waals surface area (Å²) in [5.74, 6) is 1.24. The van der Waals surface area contributed by atoms with Gasteiger partial charge in [0.1, 0.15) is 6.04 Å². The van der Waals surface area contributed by atoms with Crippen LogP contribution in [-0.2, 0) is 4.79 Å². The number of amides is 1.